The van der Waals surface area contributed by atoms with Crippen LogP contribution in [-0.2, 0) is 0 Å². The van der Waals surface area contributed by atoms with Crippen molar-refractivity contribution in [3.05, 3.63) is 107 Å². The van der Waals surface area contributed by atoms with Gasteiger partial charge in [0.2, 0.25) is 0 Å². The second-order valence-electron chi connectivity index (χ2n) is 10.5. The van der Waals surface area contributed by atoms with Gasteiger partial charge in [0.05, 0.1) is 6.04 Å². The summed E-state index contributed by atoms with van der Waals surface area (Å²) in [5.41, 5.74) is 10.9. The zero-order valence-corrected chi connectivity index (χ0v) is 21.4. The number of benzene rings is 1. The molecule has 1 aromatic carbocycles. The summed E-state index contributed by atoms with van der Waals surface area (Å²) >= 11 is 0. The highest BCUT2D eigenvalue weighted by Crippen LogP contribution is 2.43. The van der Waals surface area contributed by atoms with Gasteiger partial charge in [-0.25, -0.2) is 0 Å². The fraction of sp³-hybridized carbons (Fsp3) is 0.364. The van der Waals surface area contributed by atoms with Crippen molar-refractivity contribution in [2.24, 2.45) is 10.9 Å². The van der Waals surface area contributed by atoms with Crippen molar-refractivity contribution in [1.82, 2.24) is 4.90 Å². The number of nitrogens with one attached hydrogen (secondary N) is 1. The number of hydrogen-bond acceptors (Lipinski definition) is 3. The molecule has 0 aromatic heterocycles. The molecule has 0 spiro atoms. The maximum Gasteiger partial charge on any atom is 0.0564 e. The predicted molar refractivity (Wildman–Crippen MR) is 153 cm³/mol. The number of aliphatic imine (C=N–C) groups is 1. The summed E-state index contributed by atoms with van der Waals surface area (Å²) in [4.78, 5) is 7.56. The van der Waals surface area contributed by atoms with Crippen LogP contribution in [0.1, 0.15) is 63.9 Å². The Kier molecular flexibility index (Phi) is 6.63. The minimum atomic E-state index is 0.437. The topological polar surface area (TPSA) is 27.6 Å². The Bertz CT molecular complexity index is 1260. The number of nitrogens with zero attached hydrogens (tertiary/aromatic N) is 2. The highest BCUT2D eigenvalue weighted by atomic mass is 15.2. The van der Waals surface area contributed by atoms with Crippen LogP contribution in [0.2, 0.25) is 0 Å². The SMILES string of the molecule is C/C=C\C=C1/CN(C2=CN=C3C=CCCC3C2)C2CCCC(Nc3cccc(C4=CCCC=C4)c3)=C12. The smallest absolute Gasteiger partial charge is 0.0564 e. The summed E-state index contributed by atoms with van der Waals surface area (Å²) in [6.07, 6.45) is 29.6. The molecule has 1 N–H and O–H groups in total. The van der Waals surface area contributed by atoms with Crippen LogP contribution in [0.5, 0.6) is 0 Å². The molecule has 0 radical (unpaired) electrons. The molecule has 36 heavy (non-hydrogen) atoms. The summed E-state index contributed by atoms with van der Waals surface area (Å²) < 4.78 is 0. The summed E-state index contributed by atoms with van der Waals surface area (Å²) in [5, 5.41) is 3.89. The van der Waals surface area contributed by atoms with E-state index in [1.165, 1.54) is 70.8 Å². The van der Waals surface area contributed by atoms with Gasteiger partial charge in [0.15, 0.2) is 0 Å². The van der Waals surface area contributed by atoms with Crippen LogP contribution in [0.25, 0.3) is 5.57 Å². The van der Waals surface area contributed by atoms with Crippen molar-refractivity contribution in [3.63, 3.8) is 0 Å². The molecule has 1 aromatic rings. The van der Waals surface area contributed by atoms with Crippen molar-refractivity contribution >= 4 is 17.0 Å². The number of fused-ring (bicyclic) bond motifs is 2. The van der Waals surface area contributed by atoms with Crippen LogP contribution in [0.15, 0.2) is 107 Å². The van der Waals surface area contributed by atoms with E-state index in [0.717, 1.165) is 32.2 Å². The Morgan fingerprint density at radius 1 is 1.08 bits per heavy atom. The maximum absolute atomic E-state index is 4.89. The highest BCUT2D eigenvalue weighted by molar-refractivity contribution is 5.98. The molecular formula is C33H37N3. The van der Waals surface area contributed by atoms with Crippen molar-refractivity contribution in [1.29, 1.82) is 0 Å². The van der Waals surface area contributed by atoms with E-state index in [9.17, 15) is 0 Å². The Morgan fingerprint density at radius 2 is 2.03 bits per heavy atom. The molecule has 184 valence electrons. The molecule has 2 atom stereocenters. The number of hydrogen-bond donors (Lipinski definition) is 1. The second kappa shape index (κ2) is 10.3. The molecule has 2 aliphatic heterocycles. The molecule has 6 rings (SSSR count). The quantitative estimate of drug-likeness (QED) is 0.466. The van der Waals surface area contributed by atoms with E-state index >= 15 is 0 Å². The van der Waals surface area contributed by atoms with Gasteiger partial charge in [-0.05, 0) is 98.8 Å². The van der Waals surface area contributed by atoms with Crippen molar-refractivity contribution < 1.29 is 0 Å². The van der Waals surface area contributed by atoms with Gasteiger partial charge in [-0.2, -0.15) is 0 Å². The minimum Gasteiger partial charge on any atom is -0.362 e. The largest absolute Gasteiger partial charge is 0.362 e. The first-order chi connectivity index (χ1) is 17.8. The lowest BCUT2D eigenvalue weighted by atomic mass is 9.86. The summed E-state index contributed by atoms with van der Waals surface area (Å²) in [5.74, 6) is 0.582. The van der Waals surface area contributed by atoms with Gasteiger partial charge >= 0.3 is 0 Å². The Morgan fingerprint density at radius 3 is 2.92 bits per heavy atom. The molecule has 2 heterocycles. The normalized spacial score (nSPS) is 26.6. The molecule has 0 saturated carbocycles. The molecule has 5 aliphatic rings. The monoisotopic (exact) mass is 475 g/mol. The third-order valence-corrected chi connectivity index (χ3v) is 8.18. The van der Waals surface area contributed by atoms with Crippen LogP contribution in [0.4, 0.5) is 5.69 Å². The molecule has 3 heteroatoms. The molecule has 2 unspecified atom stereocenters. The molecule has 3 aliphatic carbocycles. The molecular weight excluding hydrogens is 438 g/mol. The van der Waals surface area contributed by atoms with Gasteiger partial charge in [0.25, 0.3) is 0 Å². The molecule has 1 fully saturated rings. The van der Waals surface area contributed by atoms with E-state index in [1.54, 1.807) is 0 Å². The van der Waals surface area contributed by atoms with Crippen LogP contribution in [0, 0.1) is 5.92 Å². The lowest BCUT2D eigenvalue weighted by Crippen LogP contribution is -2.34. The Hall–Kier alpha value is -3.33. The van der Waals surface area contributed by atoms with E-state index in [4.69, 9.17) is 4.99 Å². The summed E-state index contributed by atoms with van der Waals surface area (Å²) in [7, 11) is 0. The lowest BCUT2D eigenvalue weighted by molar-refractivity contribution is 0.296. The van der Waals surface area contributed by atoms with Gasteiger partial charge < -0.3 is 10.2 Å². The van der Waals surface area contributed by atoms with Crippen LogP contribution >= 0.6 is 0 Å². The Labute approximate surface area is 216 Å². The van der Waals surface area contributed by atoms with E-state index in [2.05, 4.69) is 96.2 Å². The van der Waals surface area contributed by atoms with E-state index in [0.29, 0.717) is 12.0 Å². The molecule has 1 saturated heterocycles. The molecule has 0 bridgehead atoms. The predicted octanol–water partition coefficient (Wildman–Crippen LogP) is 8.11. The lowest BCUT2D eigenvalue weighted by Gasteiger charge is -2.35. The zero-order valence-electron chi connectivity index (χ0n) is 21.4. The average molecular weight is 476 g/mol. The number of rotatable bonds is 5. The first-order valence-electron chi connectivity index (χ1n) is 13.8. The van der Waals surface area contributed by atoms with E-state index < -0.39 is 0 Å². The molecule has 3 nitrogen and oxygen atoms in total. The van der Waals surface area contributed by atoms with Gasteiger partial charge in [0, 0.05) is 41.5 Å². The highest BCUT2D eigenvalue weighted by Gasteiger charge is 2.39. The summed E-state index contributed by atoms with van der Waals surface area (Å²) in [6.45, 7) is 3.08. The molecule has 0 amide bonds. The zero-order chi connectivity index (χ0) is 24.3. The van der Waals surface area contributed by atoms with Gasteiger partial charge in [-0.3, -0.25) is 4.99 Å². The van der Waals surface area contributed by atoms with Gasteiger partial charge in [-0.1, -0.05) is 54.7 Å². The van der Waals surface area contributed by atoms with Crippen LogP contribution in [0.3, 0.4) is 0 Å². The second-order valence-corrected chi connectivity index (χ2v) is 10.5. The number of anilines is 1. The van der Waals surface area contributed by atoms with Crippen molar-refractivity contribution in [2.45, 2.75) is 64.3 Å². The first-order valence-corrected chi connectivity index (χ1v) is 13.8. The van der Waals surface area contributed by atoms with Crippen LogP contribution in [-0.4, -0.2) is 23.2 Å². The minimum absolute atomic E-state index is 0.437. The van der Waals surface area contributed by atoms with E-state index in [1.807, 2.05) is 0 Å². The maximum atomic E-state index is 4.89. The van der Waals surface area contributed by atoms with Gasteiger partial charge in [-0.15, -0.1) is 0 Å². The first kappa shape index (κ1) is 23.1. The summed E-state index contributed by atoms with van der Waals surface area (Å²) in [6, 6.07) is 9.38. The number of allylic oxidation sites excluding steroid dienone is 11. The Balaban J connectivity index is 1.32. The fourth-order valence-electron chi connectivity index (χ4n) is 6.40. The van der Waals surface area contributed by atoms with Gasteiger partial charge in [0.1, 0.15) is 0 Å². The fourth-order valence-corrected chi connectivity index (χ4v) is 6.40. The van der Waals surface area contributed by atoms with Crippen molar-refractivity contribution in [3.8, 4) is 0 Å². The average Bonchev–Trinajstić information content (AvgIpc) is 3.32. The van der Waals surface area contributed by atoms with Crippen molar-refractivity contribution in [2.75, 3.05) is 11.9 Å². The van der Waals surface area contributed by atoms with E-state index in [-0.39, 0.29) is 0 Å². The third-order valence-electron chi connectivity index (χ3n) is 8.18. The van der Waals surface area contributed by atoms with Crippen LogP contribution < -0.4 is 5.32 Å². The third kappa shape index (κ3) is 4.59. The standard InChI is InChI=1S/C33H37N3/c1-2-3-11-27-23-36(29-21-26-14-7-8-17-30(26)34-22-29)32-19-10-18-31(33(27)32)35-28-16-9-15-25(20-28)24-12-5-4-6-13-24/h2-3,5,8-9,11-13,15-17,20,22,26,32,35H,4,6-7,10,14,18-19,21,23H2,1H3/b3-2-,27-11+. The number of likely N-dealkylation sites (tertiary alicyclic amines) is 1.